The maximum absolute atomic E-state index is 5.77. The first-order chi connectivity index (χ1) is 9.36. The van der Waals surface area contributed by atoms with Crippen molar-refractivity contribution in [3.05, 3.63) is 60.2 Å². The van der Waals surface area contributed by atoms with Gasteiger partial charge in [0.25, 0.3) is 0 Å². The molecule has 0 atom stereocenters. The van der Waals surface area contributed by atoms with E-state index in [9.17, 15) is 0 Å². The predicted molar refractivity (Wildman–Crippen MR) is 77.3 cm³/mol. The smallest absolute Gasteiger partial charge is 0.142 e. The molecule has 0 aromatic heterocycles. The standard InChI is InChI=1S/C16H19NO2/c17-15-8-4-5-9-16(15)19-13-12-18-11-10-14-6-2-1-3-7-14/h1-9H,10-13,17H2. The summed E-state index contributed by atoms with van der Waals surface area (Å²) in [4.78, 5) is 0. The van der Waals surface area contributed by atoms with E-state index in [2.05, 4.69) is 12.1 Å². The monoisotopic (exact) mass is 257 g/mol. The highest BCUT2D eigenvalue weighted by Gasteiger charge is 1.98. The fourth-order valence-corrected chi connectivity index (χ4v) is 1.76. The molecule has 0 saturated carbocycles. The van der Waals surface area contributed by atoms with Gasteiger partial charge in [-0.3, -0.25) is 0 Å². The van der Waals surface area contributed by atoms with E-state index >= 15 is 0 Å². The number of hydrogen-bond acceptors (Lipinski definition) is 3. The van der Waals surface area contributed by atoms with Gasteiger partial charge in [-0.15, -0.1) is 0 Å². The van der Waals surface area contributed by atoms with Crippen molar-refractivity contribution in [3.63, 3.8) is 0 Å². The topological polar surface area (TPSA) is 44.5 Å². The molecule has 0 unspecified atom stereocenters. The lowest BCUT2D eigenvalue weighted by Gasteiger charge is -2.09. The van der Waals surface area contributed by atoms with Crippen LogP contribution in [-0.4, -0.2) is 19.8 Å². The summed E-state index contributed by atoms with van der Waals surface area (Å²) in [6, 6.07) is 17.8. The normalized spacial score (nSPS) is 10.3. The van der Waals surface area contributed by atoms with Gasteiger partial charge < -0.3 is 15.2 Å². The molecule has 0 aliphatic heterocycles. The number of nitrogens with two attached hydrogens (primary N) is 1. The van der Waals surface area contributed by atoms with E-state index in [4.69, 9.17) is 15.2 Å². The van der Waals surface area contributed by atoms with Gasteiger partial charge in [-0.05, 0) is 24.1 Å². The molecule has 0 aliphatic carbocycles. The maximum Gasteiger partial charge on any atom is 0.142 e. The van der Waals surface area contributed by atoms with Crippen molar-refractivity contribution in [2.45, 2.75) is 6.42 Å². The summed E-state index contributed by atoms with van der Waals surface area (Å²) in [5, 5.41) is 0. The molecular weight excluding hydrogens is 238 g/mol. The Kier molecular flexibility index (Phi) is 5.26. The molecule has 0 radical (unpaired) electrons. The van der Waals surface area contributed by atoms with Crippen LogP contribution in [-0.2, 0) is 11.2 Å². The summed E-state index contributed by atoms with van der Waals surface area (Å²) in [7, 11) is 0. The van der Waals surface area contributed by atoms with E-state index in [0.717, 1.165) is 6.42 Å². The minimum Gasteiger partial charge on any atom is -0.489 e. The molecule has 0 amide bonds. The van der Waals surface area contributed by atoms with Crippen LogP contribution in [0.5, 0.6) is 5.75 Å². The third kappa shape index (κ3) is 4.64. The number of nitrogen functional groups attached to an aromatic ring is 1. The first kappa shape index (κ1) is 13.4. The number of anilines is 1. The van der Waals surface area contributed by atoms with Gasteiger partial charge in [0.2, 0.25) is 0 Å². The van der Waals surface area contributed by atoms with Crippen LogP contribution in [0.4, 0.5) is 5.69 Å². The molecule has 19 heavy (non-hydrogen) atoms. The van der Waals surface area contributed by atoms with Crippen molar-refractivity contribution < 1.29 is 9.47 Å². The lowest BCUT2D eigenvalue weighted by atomic mass is 10.2. The summed E-state index contributed by atoms with van der Waals surface area (Å²) in [6.45, 7) is 1.79. The van der Waals surface area contributed by atoms with Crippen molar-refractivity contribution >= 4 is 5.69 Å². The molecule has 2 aromatic rings. The molecule has 100 valence electrons. The molecule has 0 spiro atoms. The number of hydrogen-bond donors (Lipinski definition) is 1. The van der Waals surface area contributed by atoms with Crippen LogP contribution in [0.2, 0.25) is 0 Å². The fraction of sp³-hybridized carbons (Fsp3) is 0.250. The molecule has 2 N–H and O–H groups in total. The van der Waals surface area contributed by atoms with E-state index in [0.29, 0.717) is 31.3 Å². The molecule has 2 rings (SSSR count). The molecule has 0 bridgehead atoms. The van der Waals surface area contributed by atoms with Gasteiger partial charge in [0.1, 0.15) is 12.4 Å². The maximum atomic E-state index is 5.77. The van der Waals surface area contributed by atoms with Crippen LogP contribution >= 0.6 is 0 Å². The average Bonchev–Trinajstić information content (AvgIpc) is 2.45. The van der Waals surface area contributed by atoms with Crippen molar-refractivity contribution in [3.8, 4) is 5.75 Å². The van der Waals surface area contributed by atoms with Crippen molar-refractivity contribution in [2.75, 3.05) is 25.6 Å². The largest absolute Gasteiger partial charge is 0.489 e. The predicted octanol–water partition coefficient (Wildman–Crippen LogP) is 2.91. The van der Waals surface area contributed by atoms with Crippen LogP contribution in [0.1, 0.15) is 5.56 Å². The highest BCUT2D eigenvalue weighted by Crippen LogP contribution is 2.19. The number of para-hydroxylation sites is 2. The Hall–Kier alpha value is -2.00. The Balaban J connectivity index is 1.59. The van der Waals surface area contributed by atoms with Crippen LogP contribution in [0.15, 0.2) is 54.6 Å². The minimum atomic E-state index is 0.517. The van der Waals surface area contributed by atoms with E-state index in [1.807, 2.05) is 42.5 Å². The average molecular weight is 257 g/mol. The van der Waals surface area contributed by atoms with E-state index in [-0.39, 0.29) is 0 Å². The van der Waals surface area contributed by atoms with Gasteiger partial charge in [-0.2, -0.15) is 0 Å². The highest BCUT2D eigenvalue weighted by molar-refractivity contribution is 5.51. The molecular formula is C16H19NO2. The SMILES string of the molecule is Nc1ccccc1OCCOCCc1ccccc1. The number of benzene rings is 2. The summed E-state index contributed by atoms with van der Waals surface area (Å²) < 4.78 is 11.1. The molecule has 3 heteroatoms. The molecule has 2 aromatic carbocycles. The molecule has 0 fully saturated rings. The van der Waals surface area contributed by atoms with Crippen LogP contribution < -0.4 is 10.5 Å². The highest BCUT2D eigenvalue weighted by atomic mass is 16.5. The zero-order valence-corrected chi connectivity index (χ0v) is 10.9. The summed E-state index contributed by atoms with van der Waals surface area (Å²) >= 11 is 0. The lowest BCUT2D eigenvalue weighted by molar-refractivity contribution is 0.103. The van der Waals surface area contributed by atoms with Crippen LogP contribution in [0.25, 0.3) is 0 Å². The second kappa shape index (κ2) is 7.44. The molecule has 0 aliphatic rings. The third-order valence-electron chi connectivity index (χ3n) is 2.78. The molecule has 0 saturated heterocycles. The van der Waals surface area contributed by atoms with Gasteiger partial charge in [-0.25, -0.2) is 0 Å². The lowest BCUT2D eigenvalue weighted by Crippen LogP contribution is -2.09. The Bertz CT molecular complexity index is 485. The molecule has 0 heterocycles. The van der Waals surface area contributed by atoms with Crippen LogP contribution in [0, 0.1) is 0 Å². The van der Waals surface area contributed by atoms with Gasteiger partial charge in [0.05, 0.1) is 18.9 Å². The zero-order chi connectivity index (χ0) is 13.3. The van der Waals surface area contributed by atoms with Gasteiger partial charge in [0, 0.05) is 0 Å². The van der Waals surface area contributed by atoms with E-state index in [1.54, 1.807) is 0 Å². The summed E-state index contributed by atoms with van der Waals surface area (Å²) in [5.41, 5.74) is 7.72. The Morgan fingerprint density at radius 3 is 2.32 bits per heavy atom. The van der Waals surface area contributed by atoms with Gasteiger partial charge >= 0.3 is 0 Å². The van der Waals surface area contributed by atoms with Crippen molar-refractivity contribution in [1.29, 1.82) is 0 Å². The van der Waals surface area contributed by atoms with E-state index < -0.39 is 0 Å². The van der Waals surface area contributed by atoms with E-state index in [1.165, 1.54) is 5.56 Å². The van der Waals surface area contributed by atoms with Crippen molar-refractivity contribution in [2.24, 2.45) is 0 Å². The molecule has 3 nitrogen and oxygen atoms in total. The first-order valence-corrected chi connectivity index (χ1v) is 6.45. The van der Waals surface area contributed by atoms with Gasteiger partial charge in [0.15, 0.2) is 0 Å². The summed E-state index contributed by atoms with van der Waals surface area (Å²) in [5.74, 6) is 0.717. The quantitative estimate of drug-likeness (QED) is 0.612. The third-order valence-corrected chi connectivity index (χ3v) is 2.78. The van der Waals surface area contributed by atoms with Crippen LogP contribution in [0.3, 0.4) is 0 Å². The Morgan fingerprint density at radius 2 is 1.53 bits per heavy atom. The zero-order valence-electron chi connectivity index (χ0n) is 10.9. The van der Waals surface area contributed by atoms with Crippen molar-refractivity contribution in [1.82, 2.24) is 0 Å². The first-order valence-electron chi connectivity index (χ1n) is 6.45. The Morgan fingerprint density at radius 1 is 0.789 bits per heavy atom. The second-order valence-electron chi connectivity index (χ2n) is 4.23. The minimum absolute atomic E-state index is 0.517. The summed E-state index contributed by atoms with van der Waals surface area (Å²) in [6.07, 6.45) is 0.925. The fourth-order valence-electron chi connectivity index (χ4n) is 1.76. The number of ether oxygens (including phenoxy) is 2. The number of rotatable bonds is 7. The second-order valence-corrected chi connectivity index (χ2v) is 4.23. The van der Waals surface area contributed by atoms with Gasteiger partial charge in [-0.1, -0.05) is 42.5 Å². The Labute approximate surface area is 114 Å².